The molecule has 0 atom stereocenters. The van der Waals surface area contributed by atoms with Crippen molar-refractivity contribution in [2.75, 3.05) is 11.9 Å². The molecular weight excluding hydrogens is 294 g/mol. The maximum atomic E-state index is 11.9. The van der Waals surface area contributed by atoms with Gasteiger partial charge >= 0.3 is 0 Å². The normalized spacial score (nSPS) is 19.1. The van der Waals surface area contributed by atoms with E-state index in [0.717, 1.165) is 30.6 Å². The van der Waals surface area contributed by atoms with E-state index in [9.17, 15) is 8.42 Å². The van der Waals surface area contributed by atoms with Gasteiger partial charge in [0, 0.05) is 6.54 Å². The van der Waals surface area contributed by atoms with Crippen molar-refractivity contribution in [1.29, 1.82) is 0 Å². The molecule has 1 aromatic rings. The van der Waals surface area contributed by atoms with Gasteiger partial charge in [-0.15, -0.1) is 11.3 Å². The van der Waals surface area contributed by atoms with Gasteiger partial charge in [0.2, 0.25) is 5.96 Å². The number of guanidine groups is 1. The smallest absolute Gasteiger partial charge is 0.275 e. The quantitative estimate of drug-likeness (QED) is 0.840. The van der Waals surface area contributed by atoms with Gasteiger partial charge in [0.25, 0.3) is 10.0 Å². The van der Waals surface area contributed by atoms with E-state index in [1.54, 1.807) is 6.07 Å². The van der Waals surface area contributed by atoms with Gasteiger partial charge in [0.05, 0.1) is 10.0 Å². The molecular formula is C10H14ClN3O2S2. The third kappa shape index (κ3) is 2.96. The fraction of sp³-hybridized carbons (Fsp3) is 0.500. The Morgan fingerprint density at radius 2 is 2.22 bits per heavy atom. The first-order valence-electron chi connectivity index (χ1n) is 5.66. The zero-order chi connectivity index (χ0) is 13.2. The molecule has 2 rings (SSSR count). The molecule has 0 aromatic carbocycles. The zero-order valence-corrected chi connectivity index (χ0v) is 12.3. The van der Waals surface area contributed by atoms with Crippen LogP contribution in [0.1, 0.15) is 26.2 Å². The van der Waals surface area contributed by atoms with E-state index < -0.39 is 10.0 Å². The van der Waals surface area contributed by atoms with Crippen LogP contribution in [0.2, 0.25) is 4.34 Å². The molecule has 2 heterocycles. The van der Waals surface area contributed by atoms with Crippen molar-refractivity contribution in [1.82, 2.24) is 4.72 Å². The summed E-state index contributed by atoms with van der Waals surface area (Å²) in [7, 11) is -3.52. The van der Waals surface area contributed by atoms with Gasteiger partial charge in [-0.2, -0.15) is 0 Å². The van der Waals surface area contributed by atoms with E-state index >= 15 is 0 Å². The first kappa shape index (κ1) is 13.6. The number of nitrogens with one attached hydrogen (secondary N) is 2. The lowest BCUT2D eigenvalue weighted by atomic mass is 10.2. The predicted molar refractivity (Wildman–Crippen MR) is 75.1 cm³/mol. The number of anilines is 1. The van der Waals surface area contributed by atoms with Gasteiger partial charge in [0.15, 0.2) is 4.21 Å². The van der Waals surface area contributed by atoms with Crippen LogP contribution in [-0.2, 0) is 10.0 Å². The van der Waals surface area contributed by atoms with Crippen LogP contribution in [0.3, 0.4) is 0 Å². The molecule has 1 aliphatic heterocycles. The van der Waals surface area contributed by atoms with Crippen LogP contribution in [0.4, 0.5) is 5.69 Å². The van der Waals surface area contributed by atoms with Gasteiger partial charge < -0.3 is 5.32 Å². The minimum absolute atomic E-state index is 0.208. The van der Waals surface area contributed by atoms with E-state index in [-0.39, 0.29) is 10.2 Å². The van der Waals surface area contributed by atoms with Crippen molar-refractivity contribution in [2.24, 2.45) is 4.99 Å². The summed E-state index contributed by atoms with van der Waals surface area (Å²) in [6, 6.07) is 1.60. The minimum atomic E-state index is -3.52. The second kappa shape index (κ2) is 5.46. The van der Waals surface area contributed by atoms with E-state index in [0.29, 0.717) is 16.6 Å². The summed E-state index contributed by atoms with van der Waals surface area (Å²) in [5.41, 5.74) is 0.498. The molecule has 0 spiro atoms. The van der Waals surface area contributed by atoms with Crippen molar-refractivity contribution in [3.63, 3.8) is 0 Å². The van der Waals surface area contributed by atoms with Crippen LogP contribution < -0.4 is 10.0 Å². The lowest BCUT2D eigenvalue weighted by Crippen LogP contribution is -2.40. The third-order valence-electron chi connectivity index (χ3n) is 2.43. The van der Waals surface area contributed by atoms with Crippen molar-refractivity contribution in [3.8, 4) is 0 Å². The molecule has 0 saturated carbocycles. The molecule has 0 unspecified atom stereocenters. The number of nitrogens with zero attached hydrogens (tertiary/aromatic N) is 1. The van der Waals surface area contributed by atoms with E-state index in [4.69, 9.17) is 11.6 Å². The highest BCUT2D eigenvalue weighted by Crippen LogP contribution is 2.36. The Kier molecular flexibility index (Phi) is 4.14. The SMILES string of the molecule is CCCCCN=C1Nc2cc(Cl)sc2S(=O)(=O)N1. The molecule has 0 amide bonds. The van der Waals surface area contributed by atoms with E-state index in [1.807, 2.05) is 0 Å². The predicted octanol–water partition coefficient (Wildman–Crippen LogP) is 2.65. The molecule has 1 aliphatic rings. The first-order chi connectivity index (χ1) is 8.53. The molecule has 0 radical (unpaired) electrons. The number of hydrogen-bond donors (Lipinski definition) is 2. The Hall–Kier alpha value is -0.790. The van der Waals surface area contributed by atoms with Gasteiger partial charge in [-0.3, -0.25) is 4.99 Å². The molecule has 18 heavy (non-hydrogen) atoms. The lowest BCUT2D eigenvalue weighted by molar-refractivity contribution is 0.593. The van der Waals surface area contributed by atoms with E-state index in [2.05, 4.69) is 22.0 Å². The fourth-order valence-electron chi connectivity index (χ4n) is 1.58. The molecule has 8 heteroatoms. The van der Waals surface area contributed by atoms with Gasteiger partial charge in [-0.05, 0) is 12.5 Å². The van der Waals surface area contributed by atoms with Crippen LogP contribution in [-0.4, -0.2) is 20.9 Å². The number of hydrogen-bond acceptors (Lipinski definition) is 4. The largest absolute Gasteiger partial charge is 0.324 e. The van der Waals surface area contributed by atoms with Gasteiger partial charge in [-0.1, -0.05) is 31.4 Å². The minimum Gasteiger partial charge on any atom is -0.324 e. The molecule has 5 nitrogen and oxygen atoms in total. The number of rotatable bonds is 4. The summed E-state index contributed by atoms with van der Waals surface area (Å²) in [4.78, 5) is 4.20. The zero-order valence-electron chi connectivity index (χ0n) is 9.86. The average Bonchev–Trinajstić information content (AvgIpc) is 2.66. The fourth-order valence-corrected chi connectivity index (χ4v) is 4.33. The number of aliphatic imine (C=N–C) groups is 1. The summed E-state index contributed by atoms with van der Waals surface area (Å²) in [5.74, 6) is 0.271. The van der Waals surface area contributed by atoms with E-state index in [1.165, 1.54) is 0 Å². The number of unbranched alkanes of at least 4 members (excludes halogenated alkanes) is 2. The third-order valence-corrected chi connectivity index (χ3v) is 5.56. The van der Waals surface area contributed by atoms with Crippen molar-refractivity contribution < 1.29 is 8.42 Å². The summed E-state index contributed by atoms with van der Waals surface area (Å²) < 4.78 is 26.9. The van der Waals surface area contributed by atoms with Gasteiger partial charge in [0.1, 0.15) is 0 Å². The Balaban J connectivity index is 2.16. The Labute approximate surface area is 115 Å². The number of sulfonamides is 1. The molecule has 0 aliphatic carbocycles. The highest BCUT2D eigenvalue weighted by Gasteiger charge is 2.29. The summed E-state index contributed by atoms with van der Waals surface area (Å²) >= 11 is 6.85. The Bertz CT molecular complexity index is 566. The molecule has 0 bridgehead atoms. The summed E-state index contributed by atoms with van der Waals surface area (Å²) in [6.45, 7) is 2.71. The molecule has 2 N–H and O–H groups in total. The Morgan fingerprint density at radius 3 is 2.94 bits per heavy atom. The molecule has 100 valence electrons. The topological polar surface area (TPSA) is 70.6 Å². The summed E-state index contributed by atoms with van der Waals surface area (Å²) in [6.07, 6.45) is 3.13. The average molecular weight is 308 g/mol. The Morgan fingerprint density at radius 1 is 1.44 bits per heavy atom. The maximum absolute atomic E-state index is 11.9. The molecule has 1 aromatic heterocycles. The first-order valence-corrected chi connectivity index (χ1v) is 8.34. The second-order valence-corrected chi connectivity index (χ2v) is 7.48. The van der Waals surface area contributed by atoms with Crippen molar-refractivity contribution in [2.45, 2.75) is 30.4 Å². The molecule has 0 fully saturated rings. The maximum Gasteiger partial charge on any atom is 0.275 e. The highest BCUT2D eigenvalue weighted by atomic mass is 35.5. The highest BCUT2D eigenvalue weighted by molar-refractivity contribution is 7.92. The van der Waals surface area contributed by atoms with Crippen molar-refractivity contribution >= 4 is 44.6 Å². The lowest BCUT2D eigenvalue weighted by Gasteiger charge is -2.18. The second-order valence-electron chi connectivity index (χ2n) is 3.92. The summed E-state index contributed by atoms with van der Waals surface area (Å²) in [5, 5.41) is 2.94. The van der Waals surface area contributed by atoms with Crippen LogP contribution in [0.5, 0.6) is 0 Å². The van der Waals surface area contributed by atoms with Crippen molar-refractivity contribution in [3.05, 3.63) is 10.4 Å². The van der Waals surface area contributed by atoms with Crippen LogP contribution in [0.15, 0.2) is 15.3 Å². The van der Waals surface area contributed by atoms with Gasteiger partial charge in [-0.25, -0.2) is 13.1 Å². The number of thiophene rings is 1. The standard InChI is InChI=1S/C10H14ClN3O2S2/c1-2-3-4-5-12-10-13-7-6-8(11)17-9(7)18(15,16)14-10/h6H,2-5H2,1H3,(H2,12,13,14). The van der Waals surface area contributed by atoms with Crippen LogP contribution >= 0.6 is 22.9 Å². The molecule has 0 saturated heterocycles. The number of fused-ring (bicyclic) bond motifs is 1. The monoisotopic (exact) mass is 307 g/mol. The van der Waals surface area contributed by atoms with Crippen LogP contribution in [0, 0.1) is 0 Å². The van der Waals surface area contributed by atoms with Crippen LogP contribution in [0.25, 0.3) is 0 Å². The number of halogens is 1.